The monoisotopic (exact) mass is 478 g/mol. The summed E-state index contributed by atoms with van der Waals surface area (Å²) in [5.41, 5.74) is 1.50. The molecule has 0 heterocycles. The van der Waals surface area contributed by atoms with Crippen LogP contribution in [0.2, 0.25) is 0 Å². The Morgan fingerprint density at radius 1 is 0.857 bits per heavy atom. The quantitative estimate of drug-likeness (QED) is 0.261. The lowest BCUT2D eigenvalue weighted by Gasteiger charge is -2.38. The normalized spacial score (nSPS) is 32.9. The van der Waals surface area contributed by atoms with Gasteiger partial charge in [-0.05, 0) is 126 Å². The second-order valence-corrected chi connectivity index (χ2v) is 12.2. The van der Waals surface area contributed by atoms with E-state index in [1.54, 1.807) is 0 Å². The Morgan fingerprint density at radius 2 is 1.46 bits per heavy atom. The smallest absolute Gasteiger partial charge is 0.309 e. The maximum absolute atomic E-state index is 12.9. The van der Waals surface area contributed by atoms with Crippen LogP contribution in [0.15, 0.2) is 42.5 Å². The average Bonchev–Trinajstić information content (AvgIpc) is 2.91. The topological polar surface area (TPSA) is 26.3 Å². The molecule has 2 heteroatoms. The summed E-state index contributed by atoms with van der Waals surface area (Å²) in [6, 6.07) is 11.0. The van der Waals surface area contributed by atoms with E-state index in [0.717, 1.165) is 49.4 Å². The van der Waals surface area contributed by atoms with Gasteiger partial charge in [-0.1, -0.05) is 62.2 Å². The zero-order valence-electron chi connectivity index (χ0n) is 22.5. The fourth-order valence-corrected chi connectivity index (χ4v) is 7.44. The van der Waals surface area contributed by atoms with Crippen LogP contribution >= 0.6 is 0 Å². The van der Waals surface area contributed by atoms with Gasteiger partial charge in [0.2, 0.25) is 0 Å². The van der Waals surface area contributed by atoms with Crippen LogP contribution < -0.4 is 0 Å². The Morgan fingerprint density at radius 3 is 2.09 bits per heavy atom. The fraction of sp³-hybridized carbons (Fsp3) is 0.727. The lowest BCUT2D eigenvalue weighted by Crippen LogP contribution is -2.32. The molecule has 3 aliphatic rings. The summed E-state index contributed by atoms with van der Waals surface area (Å²) in [5, 5.41) is 0. The third-order valence-corrected chi connectivity index (χ3v) is 9.77. The van der Waals surface area contributed by atoms with Crippen LogP contribution in [0.4, 0.5) is 0 Å². The molecule has 0 spiro atoms. The molecule has 4 rings (SSSR count). The van der Waals surface area contributed by atoms with Crippen molar-refractivity contribution in [2.75, 3.05) is 0 Å². The third kappa shape index (κ3) is 7.96. The second kappa shape index (κ2) is 13.7. The van der Waals surface area contributed by atoms with E-state index in [1.807, 2.05) is 0 Å². The molecule has 0 saturated heterocycles. The maximum atomic E-state index is 12.9. The SMILES string of the molecule is CC=CCCC1CCC(OC(=O)C2CCC(C3CCC(C[C@@H](C)c4ccccc4)CC3)CC2)CC1. The molecular weight excluding hydrogens is 428 g/mol. The number of carbonyl (C=O) groups is 1. The highest BCUT2D eigenvalue weighted by Crippen LogP contribution is 2.43. The van der Waals surface area contributed by atoms with Gasteiger partial charge in [-0.15, -0.1) is 0 Å². The highest BCUT2D eigenvalue weighted by atomic mass is 16.5. The molecular formula is C33H50O2. The molecule has 3 saturated carbocycles. The first-order valence-electron chi connectivity index (χ1n) is 15.0. The van der Waals surface area contributed by atoms with Gasteiger partial charge in [0, 0.05) is 0 Å². The Labute approximate surface area is 215 Å². The van der Waals surface area contributed by atoms with Crippen molar-refractivity contribution in [1.82, 2.24) is 0 Å². The molecule has 0 N–H and O–H groups in total. The van der Waals surface area contributed by atoms with Gasteiger partial charge in [-0.3, -0.25) is 4.79 Å². The minimum absolute atomic E-state index is 0.124. The number of hydrogen-bond acceptors (Lipinski definition) is 2. The Bertz CT molecular complexity index is 760. The molecule has 3 fully saturated rings. The molecule has 0 amide bonds. The van der Waals surface area contributed by atoms with Gasteiger partial charge in [0.25, 0.3) is 0 Å². The van der Waals surface area contributed by atoms with E-state index in [-0.39, 0.29) is 18.0 Å². The van der Waals surface area contributed by atoms with Crippen molar-refractivity contribution in [3.8, 4) is 0 Å². The van der Waals surface area contributed by atoms with Crippen LogP contribution in [0.3, 0.4) is 0 Å². The summed E-state index contributed by atoms with van der Waals surface area (Å²) in [4.78, 5) is 12.9. The molecule has 1 atom stereocenters. The first-order chi connectivity index (χ1) is 17.1. The summed E-state index contributed by atoms with van der Waals surface area (Å²) in [6.07, 6.45) is 23.3. The predicted octanol–water partition coefficient (Wildman–Crippen LogP) is 9.25. The number of allylic oxidation sites excluding steroid dienone is 2. The van der Waals surface area contributed by atoms with Gasteiger partial charge in [-0.2, -0.15) is 0 Å². The molecule has 194 valence electrons. The molecule has 3 aliphatic carbocycles. The first-order valence-corrected chi connectivity index (χ1v) is 15.0. The molecule has 2 nitrogen and oxygen atoms in total. The molecule has 1 aromatic carbocycles. The van der Waals surface area contributed by atoms with Crippen molar-refractivity contribution in [2.24, 2.45) is 29.6 Å². The van der Waals surface area contributed by atoms with E-state index in [1.165, 1.54) is 76.2 Å². The van der Waals surface area contributed by atoms with Crippen molar-refractivity contribution < 1.29 is 9.53 Å². The van der Waals surface area contributed by atoms with Gasteiger partial charge in [0.15, 0.2) is 0 Å². The highest BCUT2D eigenvalue weighted by molar-refractivity contribution is 5.72. The van der Waals surface area contributed by atoms with E-state index in [0.29, 0.717) is 5.92 Å². The molecule has 35 heavy (non-hydrogen) atoms. The molecule has 0 aliphatic heterocycles. The Balaban J connectivity index is 1.11. The van der Waals surface area contributed by atoms with Gasteiger partial charge < -0.3 is 4.74 Å². The number of hydrogen-bond donors (Lipinski definition) is 0. The zero-order chi connectivity index (χ0) is 24.5. The molecule has 1 aromatic rings. The number of esters is 1. The summed E-state index contributed by atoms with van der Waals surface area (Å²) in [7, 11) is 0. The van der Waals surface area contributed by atoms with E-state index in [2.05, 4.69) is 56.3 Å². The van der Waals surface area contributed by atoms with Gasteiger partial charge in [-0.25, -0.2) is 0 Å². The van der Waals surface area contributed by atoms with Crippen LogP contribution in [0, 0.1) is 29.6 Å². The number of benzene rings is 1. The Hall–Kier alpha value is -1.57. The van der Waals surface area contributed by atoms with Gasteiger partial charge in [0.05, 0.1) is 5.92 Å². The Kier molecular flexibility index (Phi) is 10.3. The zero-order valence-corrected chi connectivity index (χ0v) is 22.5. The van der Waals surface area contributed by atoms with E-state index in [4.69, 9.17) is 4.74 Å². The largest absolute Gasteiger partial charge is 0.462 e. The summed E-state index contributed by atoms with van der Waals surface area (Å²) >= 11 is 0. The van der Waals surface area contributed by atoms with Crippen LogP contribution in [-0.2, 0) is 9.53 Å². The minimum atomic E-state index is 0.124. The average molecular weight is 479 g/mol. The highest BCUT2D eigenvalue weighted by Gasteiger charge is 2.35. The summed E-state index contributed by atoms with van der Waals surface area (Å²) < 4.78 is 6.02. The molecule has 0 aromatic heterocycles. The summed E-state index contributed by atoms with van der Waals surface area (Å²) in [6.45, 7) is 4.50. The number of carbonyl (C=O) groups excluding carboxylic acids is 1. The van der Waals surface area contributed by atoms with Crippen molar-refractivity contribution in [1.29, 1.82) is 0 Å². The maximum Gasteiger partial charge on any atom is 0.309 e. The van der Waals surface area contributed by atoms with Gasteiger partial charge in [0.1, 0.15) is 6.10 Å². The van der Waals surface area contributed by atoms with Gasteiger partial charge >= 0.3 is 5.97 Å². The third-order valence-electron chi connectivity index (χ3n) is 9.77. The standard InChI is InChI=1S/C33H50O2/c1-3-4-6-9-26-14-22-32(23-15-26)35-33(34)31-20-18-30(19-21-31)29-16-12-27(13-17-29)24-25(2)28-10-7-5-8-11-28/h3-5,7-8,10-11,25-27,29-32H,6,9,12-24H2,1-2H3/t25-,26?,27?,29?,30?,31?,32?/m1/s1. The lowest BCUT2D eigenvalue weighted by atomic mass is 9.68. The first kappa shape index (κ1) is 26.5. The van der Waals surface area contributed by atoms with Crippen LogP contribution in [-0.4, -0.2) is 12.1 Å². The van der Waals surface area contributed by atoms with E-state index >= 15 is 0 Å². The minimum Gasteiger partial charge on any atom is -0.462 e. The number of ether oxygens (including phenoxy) is 1. The van der Waals surface area contributed by atoms with E-state index < -0.39 is 0 Å². The van der Waals surface area contributed by atoms with Crippen LogP contribution in [0.25, 0.3) is 0 Å². The van der Waals surface area contributed by atoms with Crippen molar-refractivity contribution in [3.05, 3.63) is 48.0 Å². The molecule has 0 unspecified atom stereocenters. The second-order valence-electron chi connectivity index (χ2n) is 12.2. The van der Waals surface area contributed by atoms with Crippen molar-refractivity contribution in [2.45, 2.75) is 122 Å². The predicted molar refractivity (Wildman–Crippen MR) is 146 cm³/mol. The lowest BCUT2D eigenvalue weighted by molar-refractivity contribution is -0.157. The number of rotatable bonds is 9. The van der Waals surface area contributed by atoms with Crippen molar-refractivity contribution >= 4 is 5.97 Å². The summed E-state index contributed by atoms with van der Waals surface area (Å²) in [5.74, 6) is 4.43. The fourth-order valence-electron chi connectivity index (χ4n) is 7.44. The molecule has 0 bridgehead atoms. The van der Waals surface area contributed by atoms with Crippen molar-refractivity contribution in [3.63, 3.8) is 0 Å². The van der Waals surface area contributed by atoms with Crippen LogP contribution in [0.1, 0.15) is 122 Å². The van der Waals surface area contributed by atoms with Crippen LogP contribution in [0.5, 0.6) is 0 Å². The van der Waals surface area contributed by atoms with E-state index in [9.17, 15) is 4.79 Å². The molecule has 0 radical (unpaired) electrons.